The van der Waals surface area contributed by atoms with Crippen LogP contribution in [0.4, 0.5) is 0 Å². The maximum absolute atomic E-state index is 5.23. The summed E-state index contributed by atoms with van der Waals surface area (Å²) < 4.78 is 5.80. The molecule has 0 spiro atoms. The molecule has 82 valence electrons. The quantitative estimate of drug-likeness (QED) is 0.770. The minimum atomic E-state index is 0.845. The van der Waals surface area contributed by atoms with E-state index in [9.17, 15) is 0 Å². The minimum Gasteiger partial charge on any atom is -0.337 e. The molecule has 2 aromatic rings. The SMILES string of the molecule is S=c1ccccn1CCn1ccccc1=S. The van der Waals surface area contributed by atoms with Gasteiger partial charge >= 0.3 is 0 Å². The van der Waals surface area contributed by atoms with Gasteiger partial charge < -0.3 is 9.13 Å². The van der Waals surface area contributed by atoms with Crippen molar-refractivity contribution in [3.63, 3.8) is 0 Å². The molecular formula is C12H12N2S2. The van der Waals surface area contributed by atoms with Crippen LogP contribution in [0.3, 0.4) is 0 Å². The third-order valence-electron chi connectivity index (χ3n) is 2.38. The van der Waals surface area contributed by atoms with Crippen molar-refractivity contribution in [3.8, 4) is 0 Å². The van der Waals surface area contributed by atoms with E-state index in [1.807, 2.05) is 57.9 Å². The normalized spacial score (nSPS) is 10.2. The van der Waals surface area contributed by atoms with E-state index in [0.717, 1.165) is 22.4 Å². The summed E-state index contributed by atoms with van der Waals surface area (Å²) in [7, 11) is 0. The van der Waals surface area contributed by atoms with Gasteiger partial charge in [-0.25, -0.2) is 0 Å². The number of rotatable bonds is 3. The highest BCUT2D eigenvalue weighted by Crippen LogP contribution is 1.98. The molecule has 0 aliphatic rings. The van der Waals surface area contributed by atoms with E-state index in [0.29, 0.717) is 0 Å². The Morgan fingerprint density at radius 3 is 1.56 bits per heavy atom. The number of pyridine rings is 2. The summed E-state index contributed by atoms with van der Waals surface area (Å²) in [6.07, 6.45) is 3.99. The summed E-state index contributed by atoms with van der Waals surface area (Å²) in [5.74, 6) is 0. The Morgan fingerprint density at radius 1 is 0.750 bits per heavy atom. The van der Waals surface area contributed by atoms with Gasteiger partial charge in [0, 0.05) is 25.5 Å². The Labute approximate surface area is 105 Å². The summed E-state index contributed by atoms with van der Waals surface area (Å²) in [5, 5.41) is 0. The topological polar surface area (TPSA) is 9.86 Å². The number of aryl methyl sites for hydroxylation is 2. The molecule has 2 nitrogen and oxygen atoms in total. The molecule has 0 aromatic carbocycles. The monoisotopic (exact) mass is 248 g/mol. The predicted molar refractivity (Wildman–Crippen MR) is 70.5 cm³/mol. The molecule has 0 aliphatic carbocycles. The lowest BCUT2D eigenvalue weighted by atomic mass is 10.4. The fourth-order valence-corrected chi connectivity index (χ4v) is 1.97. The predicted octanol–water partition coefficient (Wildman–Crippen LogP) is 3.45. The van der Waals surface area contributed by atoms with Crippen LogP contribution in [-0.4, -0.2) is 9.13 Å². The van der Waals surface area contributed by atoms with Crippen LogP contribution >= 0.6 is 24.4 Å². The fourth-order valence-electron chi connectivity index (χ4n) is 1.51. The summed E-state index contributed by atoms with van der Waals surface area (Å²) in [6.45, 7) is 1.69. The van der Waals surface area contributed by atoms with E-state index in [2.05, 4.69) is 0 Å². The number of aromatic nitrogens is 2. The average Bonchev–Trinajstić information content (AvgIpc) is 2.30. The highest BCUT2D eigenvalue weighted by molar-refractivity contribution is 7.71. The molecule has 0 aliphatic heterocycles. The Hall–Kier alpha value is -1.26. The van der Waals surface area contributed by atoms with Gasteiger partial charge in [-0.15, -0.1) is 0 Å². The molecule has 0 saturated heterocycles. The second-order valence-corrected chi connectivity index (χ2v) is 4.30. The molecule has 16 heavy (non-hydrogen) atoms. The molecule has 0 amide bonds. The highest BCUT2D eigenvalue weighted by Gasteiger charge is 1.93. The van der Waals surface area contributed by atoms with Crippen molar-refractivity contribution in [2.75, 3.05) is 0 Å². The molecule has 0 fully saturated rings. The van der Waals surface area contributed by atoms with Crippen LogP contribution in [0.25, 0.3) is 0 Å². The van der Waals surface area contributed by atoms with Crippen molar-refractivity contribution >= 4 is 24.4 Å². The van der Waals surface area contributed by atoms with Gasteiger partial charge in [-0.3, -0.25) is 0 Å². The van der Waals surface area contributed by atoms with Crippen LogP contribution in [0.15, 0.2) is 48.8 Å². The molecule has 0 bridgehead atoms. The first-order valence-electron chi connectivity index (χ1n) is 5.08. The van der Waals surface area contributed by atoms with Gasteiger partial charge in [0.05, 0.1) is 0 Å². The van der Waals surface area contributed by atoms with E-state index in [1.165, 1.54) is 0 Å². The second-order valence-electron chi connectivity index (χ2n) is 3.46. The zero-order valence-electron chi connectivity index (χ0n) is 8.74. The molecule has 0 radical (unpaired) electrons. The molecule has 4 heteroatoms. The standard InChI is InChI=1S/C12H12N2S2/c15-11-5-1-3-7-13(11)9-10-14-8-4-2-6-12(14)16/h1-8H,9-10H2. The molecule has 2 aromatic heterocycles. The van der Waals surface area contributed by atoms with E-state index >= 15 is 0 Å². The summed E-state index contributed by atoms with van der Waals surface area (Å²) >= 11 is 10.5. The smallest absolute Gasteiger partial charge is 0.105 e. The van der Waals surface area contributed by atoms with Gasteiger partial charge in [-0.1, -0.05) is 36.6 Å². The van der Waals surface area contributed by atoms with E-state index in [1.54, 1.807) is 0 Å². The number of nitrogens with zero attached hydrogens (tertiary/aromatic N) is 2. The van der Waals surface area contributed by atoms with E-state index in [4.69, 9.17) is 24.4 Å². The van der Waals surface area contributed by atoms with Gasteiger partial charge in [0.1, 0.15) is 9.28 Å². The summed E-state index contributed by atoms with van der Waals surface area (Å²) in [6, 6.07) is 11.7. The Morgan fingerprint density at radius 2 is 1.19 bits per heavy atom. The first-order chi connectivity index (χ1) is 7.77. The van der Waals surface area contributed by atoms with Crippen LogP contribution in [0.5, 0.6) is 0 Å². The van der Waals surface area contributed by atoms with Crippen molar-refractivity contribution in [1.29, 1.82) is 0 Å². The third kappa shape index (κ3) is 2.65. The van der Waals surface area contributed by atoms with Crippen molar-refractivity contribution in [1.82, 2.24) is 9.13 Å². The third-order valence-corrected chi connectivity index (χ3v) is 3.12. The maximum Gasteiger partial charge on any atom is 0.105 e. The largest absolute Gasteiger partial charge is 0.337 e. The van der Waals surface area contributed by atoms with Crippen LogP contribution in [0, 0.1) is 9.28 Å². The maximum atomic E-state index is 5.23. The first-order valence-corrected chi connectivity index (χ1v) is 5.90. The molecule has 0 N–H and O–H groups in total. The molecular weight excluding hydrogens is 236 g/mol. The average molecular weight is 248 g/mol. The molecule has 0 atom stereocenters. The zero-order chi connectivity index (χ0) is 11.4. The van der Waals surface area contributed by atoms with Crippen molar-refractivity contribution < 1.29 is 0 Å². The van der Waals surface area contributed by atoms with Crippen LogP contribution in [0.1, 0.15) is 0 Å². The number of hydrogen-bond donors (Lipinski definition) is 0. The van der Waals surface area contributed by atoms with Crippen LogP contribution in [-0.2, 0) is 13.1 Å². The summed E-state index contributed by atoms with van der Waals surface area (Å²) in [5.41, 5.74) is 0. The molecule has 2 rings (SSSR count). The zero-order valence-corrected chi connectivity index (χ0v) is 10.4. The second kappa shape index (κ2) is 5.18. The lowest BCUT2D eigenvalue weighted by Crippen LogP contribution is -2.08. The Balaban J connectivity index is 2.15. The summed E-state index contributed by atoms with van der Waals surface area (Å²) in [4.78, 5) is 0. The van der Waals surface area contributed by atoms with Crippen molar-refractivity contribution in [2.24, 2.45) is 0 Å². The Bertz CT molecular complexity index is 530. The van der Waals surface area contributed by atoms with Gasteiger partial charge in [0.15, 0.2) is 0 Å². The molecule has 0 saturated carbocycles. The first kappa shape index (κ1) is 11.2. The van der Waals surface area contributed by atoms with E-state index < -0.39 is 0 Å². The van der Waals surface area contributed by atoms with Gasteiger partial charge in [0.2, 0.25) is 0 Å². The Kier molecular flexibility index (Phi) is 3.64. The van der Waals surface area contributed by atoms with Gasteiger partial charge in [-0.05, 0) is 24.3 Å². The van der Waals surface area contributed by atoms with Crippen LogP contribution in [0.2, 0.25) is 0 Å². The van der Waals surface area contributed by atoms with Crippen molar-refractivity contribution in [2.45, 2.75) is 13.1 Å². The fraction of sp³-hybridized carbons (Fsp3) is 0.167. The van der Waals surface area contributed by atoms with Crippen molar-refractivity contribution in [3.05, 3.63) is 58.1 Å². The highest BCUT2D eigenvalue weighted by atomic mass is 32.1. The lowest BCUT2D eigenvalue weighted by molar-refractivity contribution is 0.566. The van der Waals surface area contributed by atoms with E-state index in [-0.39, 0.29) is 0 Å². The lowest BCUT2D eigenvalue weighted by Gasteiger charge is -2.09. The van der Waals surface area contributed by atoms with Gasteiger partial charge in [-0.2, -0.15) is 0 Å². The minimum absolute atomic E-state index is 0.845. The van der Waals surface area contributed by atoms with Gasteiger partial charge in [0.25, 0.3) is 0 Å². The van der Waals surface area contributed by atoms with Crippen LogP contribution < -0.4 is 0 Å². The number of hydrogen-bond acceptors (Lipinski definition) is 2. The molecule has 2 heterocycles. The molecule has 0 unspecified atom stereocenters.